The summed E-state index contributed by atoms with van der Waals surface area (Å²) in [5.41, 5.74) is 0. The van der Waals surface area contributed by atoms with Gasteiger partial charge in [-0.3, -0.25) is 0 Å². The number of ether oxygens (including phenoxy) is 1. The first-order valence-electron chi connectivity index (χ1n) is 5.07. The van der Waals surface area contributed by atoms with Gasteiger partial charge in [-0.1, -0.05) is 37.8 Å². The molecule has 0 atom stereocenters. The van der Waals surface area contributed by atoms with E-state index in [4.69, 9.17) is 16.3 Å². The van der Waals surface area contributed by atoms with Gasteiger partial charge in [0.15, 0.2) is 0 Å². The largest absolute Gasteiger partial charge is 0.478 e. The molecule has 0 fully saturated rings. The first-order chi connectivity index (χ1) is 6.83. The van der Waals surface area contributed by atoms with Crippen LogP contribution in [0.5, 0.6) is 5.88 Å². The summed E-state index contributed by atoms with van der Waals surface area (Å²) < 4.78 is 5.44. The molecule has 1 aromatic rings. The highest BCUT2D eigenvalue weighted by molar-refractivity contribution is 6.30. The van der Waals surface area contributed by atoms with Crippen LogP contribution in [0, 0.1) is 0 Å². The Morgan fingerprint density at radius 2 is 2.14 bits per heavy atom. The smallest absolute Gasteiger partial charge is 0.213 e. The Morgan fingerprint density at radius 1 is 1.29 bits per heavy atom. The molecule has 1 aromatic heterocycles. The van der Waals surface area contributed by atoms with Gasteiger partial charge in [0.2, 0.25) is 5.88 Å². The van der Waals surface area contributed by atoms with Crippen molar-refractivity contribution >= 4 is 11.6 Å². The molecule has 14 heavy (non-hydrogen) atoms. The van der Waals surface area contributed by atoms with Crippen molar-refractivity contribution < 1.29 is 4.74 Å². The summed E-state index contributed by atoms with van der Waals surface area (Å²) >= 11 is 5.70. The molecule has 0 unspecified atom stereocenters. The van der Waals surface area contributed by atoms with Gasteiger partial charge in [0.05, 0.1) is 11.6 Å². The minimum atomic E-state index is 0.642. The molecule has 0 aromatic carbocycles. The third-order valence-electron chi connectivity index (χ3n) is 1.95. The maximum absolute atomic E-state index is 5.70. The van der Waals surface area contributed by atoms with Gasteiger partial charge in [0.25, 0.3) is 0 Å². The summed E-state index contributed by atoms with van der Waals surface area (Å²) in [7, 11) is 0. The molecule has 0 bridgehead atoms. The molecular formula is C11H16ClNO. The number of nitrogens with zero attached hydrogens (tertiary/aromatic N) is 1. The second-order valence-corrected chi connectivity index (χ2v) is 3.66. The van der Waals surface area contributed by atoms with Gasteiger partial charge in [-0.2, -0.15) is 0 Å². The van der Waals surface area contributed by atoms with E-state index in [1.165, 1.54) is 19.3 Å². The standard InChI is InChI=1S/C11H16ClNO/c1-2-3-4-5-8-14-11-7-6-10(12)9-13-11/h6-7,9H,2-5,8H2,1H3. The zero-order valence-corrected chi connectivity index (χ0v) is 9.26. The van der Waals surface area contributed by atoms with E-state index >= 15 is 0 Å². The Hall–Kier alpha value is -0.760. The zero-order chi connectivity index (χ0) is 10.2. The van der Waals surface area contributed by atoms with Gasteiger partial charge < -0.3 is 4.74 Å². The zero-order valence-electron chi connectivity index (χ0n) is 8.50. The topological polar surface area (TPSA) is 22.1 Å². The molecule has 0 aliphatic heterocycles. The lowest BCUT2D eigenvalue weighted by molar-refractivity contribution is 0.294. The van der Waals surface area contributed by atoms with Crippen LogP contribution >= 0.6 is 11.6 Å². The molecule has 0 amide bonds. The van der Waals surface area contributed by atoms with E-state index in [1.54, 1.807) is 18.3 Å². The highest BCUT2D eigenvalue weighted by Crippen LogP contribution is 2.11. The van der Waals surface area contributed by atoms with Gasteiger partial charge >= 0.3 is 0 Å². The monoisotopic (exact) mass is 213 g/mol. The Balaban J connectivity index is 2.15. The van der Waals surface area contributed by atoms with Crippen LogP contribution in [0.3, 0.4) is 0 Å². The van der Waals surface area contributed by atoms with Crippen molar-refractivity contribution in [3.05, 3.63) is 23.4 Å². The summed E-state index contributed by atoms with van der Waals surface area (Å²) in [6.07, 6.45) is 6.45. The molecule has 0 saturated carbocycles. The molecule has 0 aliphatic carbocycles. The number of unbranched alkanes of at least 4 members (excludes halogenated alkanes) is 3. The van der Waals surface area contributed by atoms with Gasteiger partial charge in [0, 0.05) is 12.3 Å². The van der Waals surface area contributed by atoms with E-state index in [-0.39, 0.29) is 0 Å². The SMILES string of the molecule is CCCCCCOc1ccc(Cl)cn1. The minimum absolute atomic E-state index is 0.642. The van der Waals surface area contributed by atoms with E-state index in [1.807, 2.05) is 0 Å². The minimum Gasteiger partial charge on any atom is -0.478 e. The number of hydrogen-bond acceptors (Lipinski definition) is 2. The van der Waals surface area contributed by atoms with Crippen molar-refractivity contribution in [1.82, 2.24) is 4.98 Å². The first kappa shape index (κ1) is 11.3. The van der Waals surface area contributed by atoms with E-state index in [0.717, 1.165) is 13.0 Å². The summed E-state index contributed by atoms with van der Waals surface area (Å²) in [5, 5.41) is 0.642. The second kappa shape index (κ2) is 6.66. The van der Waals surface area contributed by atoms with Crippen LogP contribution in [0.25, 0.3) is 0 Å². The summed E-state index contributed by atoms with van der Waals surface area (Å²) in [5.74, 6) is 0.658. The van der Waals surface area contributed by atoms with E-state index < -0.39 is 0 Å². The molecule has 0 radical (unpaired) electrons. The number of pyridine rings is 1. The quantitative estimate of drug-likeness (QED) is 0.673. The van der Waals surface area contributed by atoms with Crippen LogP contribution in [0.1, 0.15) is 32.6 Å². The Bertz CT molecular complexity index is 248. The lowest BCUT2D eigenvalue weighted by atomic mass is 10.2. The Morgan fingerprint density at radius 3 is 2.79 bits per heavy atom. The van der Waals surface area contributed by atoms with Crippen LogP contribution in [-0.2, 0) is 0 Å². The lowest BCUT2D eigenvalue weighted by Crippen LogP contribution is -1.98. The number of hydrogen-bond donors (Lipinski definition) is 0. The van der Waals surface area contributed by atoms with Crippen LogP contribution in [0.2, 0.25) is 5.02 Å². The molecule has 0 N–H and O–H groups in total. The summed E-state index contributed by atoms with van der Waals surface area (Å²) in [4.78, 5) is 4.04. The number of aromatic nitrogens is 1. The fraction of sp³-hybridized carbons (Fsp3) is 0.545. The van der Waals surface area contributed by atoms with Crippen molar-refractivity contribution in [1.29, 1.82) is 0 Å². The highest BCUT2D eigenvalue weighted by atomic mass is 35.5. The van der Waals surface area contributed by atoms with Crippen molar-refractivity contribution in [3.63, 3.8) is 0 Å². The van der Waals surface area contributed by atoms with Crippen LogP contribution < -0.4 is 4.74 Å². The molecule has 1 rings (SSSR count). The fourth-order valence-corrected chi connectivity index (χ4v) is 1.26. The molecule has 2 nitrogen and oxygen atoms in total. The van der Waals surface area contributed by atoms with Gasteiger partial charge in [-0.15, -0.1) is 0 Å². The number of halogens is 1. The predicted molar refractivity (Wildman–Crippen MR) is 58.9 cm³/mol. The molecular weight excluding hydrogens is 198 g/mol. The van der Waals surface area contributed by atoms with Crippen LogP contribution in [-0.4, -0.2) is 11.6 Å². The van der Waals surface area contributed by atoms with Gasteiger partial charge in [-0.25, -0.2) is 4.98 Å². The average Bonchev–Trinajstić information content (AvgIpc) is 2.21. The average molecular weight is 214 g/mol. The molecule has 0 aliphatic rings. The molecule has 3 heteroatoms. The second-order valence-electron chi connectivity index (χ2n) is 3.22. The van der Waals surface area contributed by atoms with Crippen molar-refractivity contribution in [2.75, 3.05) is 6.61 Å². The normalized spacial score (nSPS) is 10.1. The van der Waals surface area contributed by atoms with Crippen LogP contribution in [0.4, 0.5) is 0 Å². The molecule has 0 saturated heterocycles. The predicted octanol–water partition coefficient (Wildman–Crippen LogP) is 3.69. The fourth-order valence-electron chi connectivity index (χ4n) is 1.15. The van der Waals surface area contributed by atoms with Crippen LogP contribution in [0.15, 0.2) is 18.3 Å². The van der Waals surface area contributed by atoms with Crippen molar-refractivity contribution in [2.45, 2.75) is 32.6 Å². The van der Waals surface area contributed by atoms with E-state index in [9.17, 15) is 0 Å². The maximum Gasteiger partial charge on any atom is 0.213 e. The summed E-state index contributed by atoms with van der Waals surface area (Å²) in [6, 6.07) is 3.58. The highest BCUT2D eigenvalue weighted by Gasteiger charge is 1.94. The summed E-state index contributed by atoms with van der Waals surface area (Å²) in [6.45, 7) is 2.94. The molecule has 78 valence electrons. The third kappa shape index (κ3) is 4.47. The maximum atomic E-state index is 5.70. The van der Waals surface area contributed by atoms with E-state index in [2.05, 4.69) is 11.9 Å². The molecule has 0 spiro atoms. The van der Waals surface area contributed by atoms with E-state index in [0.29, 0.717) is 10.9 Å². The third-order valence-corrected chi connectivity index (χ3v) is 2.17. The van der Waals surface area contributed by atoms with Gasteiger partial charge in [-0.05, 0) is 12.5 Å². The van der Waals surface area contributed by atoms with Crippen molar-refractivity contribution in [2.24, 2.45) is 0 Å². The lowest BCUT2D eigenvalue weighted by Gasteiger charge is -2.04. The number of rotatable bonds is 6. The van der Waals surface area contributed by atoms with Gasteiger partial charge in [0.1, 0.15) is 0 Å². The Labute approximate surface area is 90.3 Å². The molecule has 1 heterocycles. The Kier molecular flexibility index (Phi) is 5.38. The van der Waals surface area contributed by atoms with Crippen molar-refractivity contribution in [3.8, 4) is 5.88 Å². The first-order valence-corrected chi connectivity index (χ1v) is 5.45.